The lowest BCUT2D eigenvalue weighted by atomic mass is 10.1. The van der Waals surface area contributed by atoms with Gasteiger partial charge >= 0.3 is 5.97 Å². The van der Waals surface area contributed by atoms with E-state index in [1.54, 1.807) is 0 Å². The fraction of sp³-hybridized carbons (Fsp3) is 0.385. The van der Waals surface area contributed by atoms with E-state index in [4.69, 9.17) is 5.11 Å². The summed E-state index contributed by atoms with van der Waals surface area (Å²) in [6, 6.07) is 4.32. The summed E-state index contributed by atoms with van der Waals surface area (Å²) in [6.07, 6.45) is -1.45. The van der Waals surface area contributed by atoms with E-state index in [9.17, 15) is 19.1 Å². The largest absolute Gasteiger partial charge is 0.480 e. The SMILES string of the molecule is CC(C(=O)O)N(C)C(=O)CC(O)c1cccc(F)c1. The Labute approximate surface area is 110 Å². The normalized spacial score (nSPS) is 13.7. The molecule has 1 aromatic rings. The van der Waals surface area contributed by atoms with Gasteiger partial charge in [-0.1, -0.05) is 12.1 Å². The van der Waals surface area contributed by atoms with E-state index in [0.717, 1.165) is 11.0 Å². The number of rotatable bonds is 5. The van der Waals surface area contributed by atoms with Gasteiger partial charge in [-0.25, -0.2) is 9.18 Å². The maximum Gasteiger partial charge on any atom is 0.326 e. The van der Waals surface area contributed by atoms with E-state index in [-0.39, 0.29) is 12.0 Å². The first-order chi connectivity index (χ1) is 8.82. The number of nitrogens with zero attached hydrogens (tertiary/aromatic N) is 1. The maximum absolute atomic E-state index is 13.0. The van der Waals surface area contributed by atoms with E-state index in [1.807, 2.05) is 0 Å². The highest BCUT2D eigenvalue weighted by molar-refractivity contribution is 5.83. The van der Waals surface area contributed by atoms with Gasteiger partial charge < -0.3 is 15.1 Å². The molecule has 0 fully saturated rings. The van der Waals surface area contributed by atoms with Crippen LogP contribution in [0.4, 0.5) is 4.39 Å². The van der Waals surface area contributed by atoms with Crippen LogP contribution in [0.2, 0.25) is 0 Å². The third kappa shape index (κ3) is 4.03. The molecule has 0 aromatic heterocycles. The molecule has 0 saturated carbocycles. The molecular weight excluding hydrogens is 253 g/mol. The first-order valence-corrected chi connectivity index (χ1v) is 5.75. The van der Waals surface area contributed by atoms with Crippen molar-refractivity contribution in [2.45, 2.75) is 25.5 Å². The van der Waals surface area contributed by atoms with Gasteiger partial charge in [0.1, 0.15) is 11.9 Å². The number of hydrogen-bond donors (Lipinski definition) is 2. The number of carbonyl (C=O) groups is 2. The van der Waals surface area contributed by atoms with Gasteiger partial charge in [0.2, 0.25) is 5.91 Å². The van der Waals surface area contributed by atoms with Crippen LogP contribution in [0.1, 0.15) is 25.0 Å². The van der Waals surface area contributed by atoms with Crippen molar-refractivity contribution in [3.05, 3.63) is 35.6 Å². The molecular formula is C13H16FNO4. The van der Waals surface area contributed by atoms with Crippen LogP contribution < -0.4 is 0 Å². The van der Waals surface area contributed by atoms with Gasteiger partial charge in [-0.3, -0.25) is 4.79 Å². The monoisotopic (exact) mass is 269 g/mol. The molecule has 104 valence electrons. The number of likely N-dealkylation sites (N-methyl/N-ethyl adjacent to an activating group) is 1. The third-order valence-electron chi connectivity index (χ3n) is 2.93. The molecule has 5 nitrogen and oxygen atoms in total. The van der Waals surface area contributed by atoms with Gasteiger partial charge in [-0.2, -0.15) is 0 Å². The molecule has 0 aliphatic heterocycles. The number of carboxylic acid groups (broad SMARTS) is 1. The van der Waals surface area contributed by atoms with Crippen LogP contribution in [-0.4, -0.2) is 40.1 Å². The van der Waals surface area contributed by atoms with Gasteiger partial charge in [0.05, 0.1) is 12.5 Å². The number of halogens is 1. The molecule has 0 spiro atoms. The molecule has 0 radical (unpaired) electrons. The van der Waals surface area contributed by atoms with E-state index in [1.165, 1.54) is 32.2 Å². The van der Waals surface area contributed by atoms with Crippen molar-refractivity contribution in [2.24, 2.45) is 0 Å². The Balaban J connectivity index is 2.69. The predicted molar refractivity (Wildman–Crippen MR) is 65.8 cm³/mol. The summed E-state index contributed by atoms with van der Waals surface area (Å²) in [6.45, 7) is 1.37. The minimum atomic E-state index is -1.16. The van der Waals surface area contributed by atoms with Crippen molar-refractivity contribution >= 4 is 11.9 Å². The molecule has 0 aliphatic carbocycles. The van der Waals surface area contributed by atoms with Crippen molar-refractivity contribution in [2.75, 3.05) is 7.05 Å². The van der Waals surface area contributed by atoms with Gasteiger partial charge in [0.25, 0.3) is 0 Å². The summed E-state index contributed by atoms with van der Waals surface area (Å²) in [5.41, 5.74) is 0.282. The summed E-state index contributed by atoms with van der Waals surface area (Å²) in [4.78, 5) is 23.5. The molecule has 2 N–H and O–H groups in total. The van der Waals surface area contributed by atoms with Gasteiger partial charge in [0.15, 0.2) is 0 Å². The van der Waals surface area contributed by atoms with E-state index >= 15 is 0 Å². The number of hydrogen-bond acceptors (Lipinski definition) is 3. The molecule has 2 atom stereocenters. The van der Waals surface area contributed by atoms with Crippen LogP contribution in [-0.2, 0) is 9.59 Å². The fourth-order valence-electron chi connectivity index (χ4n) is 1.52. The van der Waals surface area contributed by atoms with Gasteiger partial charge in [0, 0.05) is 7.05 Å². The minimum absolute atomic E-state index is 0.282. The zero-order valence-electron chi connectivity index (χ0n) is 10.7. The second-order valence-corrected chi connectivity index (χ2v) is 4.29. The minimum Gasteiger partial charge on any atom is -0.480 e. The Bertz CT molecular complexity index is 477. The van der Waals surface area contributed by atoms with Gasteiger partial charge in [-0.15, -0.1) is 0 Å². The van der Waals surface area contributed by atoms with E-state index in [0.29, 0.717) is 0 Å². The Morgan fingerprint density at radius 1 is 1.42 bits per heavy atom. The number of aliphatic carboxylic acids is 1. The highest BCUT2D eigenvalue weighted by Crippen LogP contribution is 2.18. The van der Waals surface area contributed by atoms with Crippen molar-refractivity contribution in [1.82, 2.24) is 4.90 Å². The summed E-state index contributed by atoms with van der Waals surface area (Å²) >= 11 is 0. The Kier molecular flexibility index (Phi) is 5.00. The Morgan fingerprint density at radius 3 is 2.58 bits per heavy atom. The van der Waals surface area contributed by atoms with E-state index < -0.39 is 29.8 Å². The summed E-state index contributed by atoms with van der Waals surface area (Å²) in [7, 11) is 1.35. The molecule has 1 amide bonds. The smallest absolute Gasteiger partial charge is 0.326 e. The third-order valence-corrected chi connectivity index (χ3v) is 2.93. The Hall–Kier alpha value is -1.95. The standard InChI is InChI=1S/C13H16FNO4/c1-8(13(18)19)15(2)12(17)7-11(16)9-4-3-5-10(14)6-9/h3-6,8,11,16H,7H2,1-2H3,(H,18,19). The number of aliphatic hydroxyl groups is 1. The average Bonchev–Trinajstić information content (AvgIpc) is 2.36. The Morgan fingerprint density at radius 2 is 2.05 bits per heavy atom. The topological polar surface area (TPSA) is 77.8 Å². The lowest BCUT2D eigenvalue weighted by Gasteiger charge is -2.22. The molecule has 19 heavy (non-hydrogen) atoms. The summed E-state index contributed by atoms with van der Waals surface area (Å²) in [5, 5.41) is 18.6. The number of carboxylic acids is 1. The summed E-state index contributed by atoms with van der Waals surface area (Å²) in [5.74, 6) is -2.15. The second-order valence-electron chi connectivity index (χ2n) is 4.29. The fourth-order valence-corrected chi connectivity index (χ4v) is 1.52. The zero-order valence-corrected chi connectivity index (χ0v) is 10.7. The molecule has 1 aromatic carbocycles. The van der Waals surface area contributed by atoms with Crippen LogP contribution in [0.25, 0.3) is 0 Å². The highest BCUT2D eigenvalue weighted by Gasteiger charge is 2.24. The molecule has 2 unspecified atom stereocenters. The van der Waals surface area contributed by atoms with Crippen LogP contribution in [0, 0.1) is 5.82 Å². The number of carbonyl (C=O) groups excluding carboxylic acids is 1. The average molecular weight is 269 g/mol. The molecule has 1 rings (SSSR count). The summed E-state index contributed by atoms with van der Waals surface area (Å²) < 4.78 is 13.0. The molecule has 0 saturated heterocycles. The van der Waals surface area contributed by atoms with Crippen LogP contribution in [0.5, 0.6) is 0 Å². The molecule has 0 heterocycles. The quantitative estimate of drug-likeness (QED) is 0.841. The first kappa shape index (κ1) is 15.1. The van der Waals surface area contributed by atoms with Crippen molar-refractivity contribution in [3.63, 3.8) is 0 Å². The highest BCUT2D eigenvalue weighted by atomic mass is 19.1. The second kappa shape index (κ2) is 6.29. The van der Waals surface area contributed by atoms with Gasteiger partial charge in [-0.05, 0) is 24.6 Å². The van der Waals surface area contributed by atoms with Crippen molar-refractivity contribution < 1.29 is 24.2 Å². The lowest BCUT2D eigenvalue weighted by Crippen LogP contribution is -2.40. The molecule has 6 heteroatoms. The number of amides is 1. The maximum atomic E-state index is 13.0. The first-order valence-electron chi connectivity index (χ1n) is 5.75. The molecule has 0 aliphatic rings. The van der Waals surface area contributed by atoms with Crippen LogP contribution in [0.3, 0.4) is 0 Å². The van der Waals surface area contributed by atoms with Crippen LogP contribution >= 0.6 is 0 Å². The number of aliphatic hydroxyl groups excluding tert-OH is 1. The van der Waals surface area contributed by atoms with Crippen molar-refractivity contribution in [1.29, 1.82) is 0 Å². The number of benzene rings is 1. The van der Waals surface area contributed by atoms with Crippen molar-refractivity contribution in [3.8, 4) is 0 Å². The zero-order chi connectivity index (χ0) is 14.6. The predicted octanol–water partition coefficient (Wildman–Crippen LogP) is 1.18. The van der Waals surface area contributed by atoms with Crippen LogP contribution in [0.15, 0.2) is 24.3 Å². The lowest BCUT2D eigenvalue weighted by molar-refractivity contribution is -0.149. The van der Waals surface area contributed by atoms with E-state index in [2.05, 4.69) is 0 Å². The molecule has 0 bridgehead atoms.